The lowest BCUT2D eigenvalue weighted by Gasteiger charge is -2.22. The van der Waals surface area contributed by atoms with E-state index < -0.39 is 12.0 Å². The lowest BCUT2D eigenvalue weighted by atomic mass is 10.3. The van der Waals surface area contributed by atoms with Crippen LogP contribution in [0.2, 0.25) is 0 Å². The zero-order valence-corrected chi connectivity index (χ0v) is 11.2. The second-order valence-corrected chi connectivity index (χ2v) is 4.82. The lowest BCUT2D eigenvalue weighted by Crippen LogP contribution is -2.49. The minimum absolute atomic E-state index is 0.238. The molecule has 0 spiro atoms. The molecule has 1 fully saturated rings. The summed E-state index contributed by atoms with van der Waals surface area (Å²) in [4.78, 5) is 24.1. The monoisotopic (exact) mass is 278 g/mol. The Morgan fingerprint density at radius 1 is 1.56 bits per heavy atom. The first-order valence-corrected chi connectivity index (χ1v) is 6.62. The molecule has 0 aromatic rings. The van der Waals surface area contributed by atoms with Gasteiger partial charge in [0.1, 0.15) is 6.04 Å². The third-order valence-electron chi connectivity index (χ3n) is 2.60. The maximum Gasteiger partial charge on any atom is 0.327 e. The van der Waals surface area contributed by atoms with Crippen LogP contribution >= 0.6 is 11.8 Å². The van der Waals surface area contributed by atoms with Crippen LogP contribution in [0.25, 0.3) is 0 Å². The molecule has 18 heavy (non-hydrogen) atoms. The van der Waals surface area contributed by atoms with Crippen LogP contribution in [0, 0.1) is 0 Å². The molecule has 7 nitrogen and oxygen atoms in total. The average molecular weight is 278 g/mol. The number of aliphatic carboxylic acids is 1. The Kier molecular flexibility index (Phi) is 6.23. The van der Waals surface area contributed by atoms with Gasteiger partial charge in [-0.15, -0.1) is 11.8 Å². The van der Waals surface area contributed by atoms with Crippen molar-refractivity contribution < 1.29 is 24.2 Å². The van der Waals surface area contributed by atoms with Crippen molar-refractivity contribution >= 4 is 23.8 Å². The van der Waals surface area contributed by atoms with Crippen molar-refractivity contribution in [3.05, 3.63) is 0 Å². The zero-order valence-electron chi connectivity index (χ0n) is 10.4. The predicted octanol–water partition coefficient (Wildman–Crippen LogP) is -0.183. The Morgan fingerprint density at radius 3 is 2.83 bits per heavy atom. The Balaban J connectivity index is 2.42. The molecule has 0 bridgehead atoms. The third kappa shape index (κ3) is 4.04. The summed E-state index contributed by atoms with van der Waals surface area (Å²) in [6.07, 6.45) is -0.238. The fourth-order valence-electron chi connectivity index (χ4n) is 1.55. The smallest absolute Gasteiger partial charge is 0.327 e. The average Bonchev–Trinajstić information content (AvgIpc) is 2.83. The molecule has 2 unspecified atom stereocenters. The van der Waals surface area contributed by atoms with E-state index in [4.69, 9.17) is 14.6 Å². The minimum atomic E-state index is -0.977. The minimum Gasteiger partial charge on any atom is -0.480 e. The van der Waals surface area contributed by atoms with Crippen molar-refractivity contribution in [2.24, 2.45) is 0 Å². The Labute approximate surface area is 110 Å². The van der Waals surface area contributed by atoms with Crippen molar-refractivity contribution in [1.82, 2.24) is 10.2 Å². The summed E-state index contributed by atoms with van der Waals surface area (Å²) >= 11 is 1.43. The van der Waals surface area contributed by atoms with Gasteiger partial charge in [-0.2, -0.15) is 0 Å². The number of nitrogens with zero attached hydrogens (tertiary/aromatic N) is 1. The van der Waals surface area contributed by atoms with E-state index in [1.54, 1.807) is 7.11 Å². The molecule has 2 atom stereocenters. The molecule has 0 aromatic heterocycles. The van der Waals surface area contributed by atoms with Crippen LogP contribution in [0.15, 0.2) is 0 Å². The summed E-state index contributed by atoms with van der Waals surface area (Å²) in [5.74, 6) is -0.158. The topological polar surface area (TPSA) is 88.1 Å². The summed E-state index contributed by atoms with van der Waals surface area (Å²) in [6.45, 7) is 0.657. The predicted molar refractivity (Wildman–Crippen MR) is 66.7 cm³/mol. The molecule has 1 saturated heterocycles. The summed E-state index contributed by atoms with van der Waals surface area (Å²) in [5, 5.41) is 11.6. The largest absolute Gasteiger partial charge is 0.480 e. The molecule has 8 heteroatoms. The molecule has 0 aromatic carbocycles. The summed E-state index contributed by atoms with van der Waals surface area (Å²) in [6, 6.07) is -1.14. The van der Waals surface area contributed by atoms with Crippen LogP contribution in [-0.2, 0) is 14.3 Å². The van der Waals surface area contributed by atoms with E-state index in [-0.39, 0.29) is 18.7 Å². The van der Waals surface area contributed by atoms with Crippen molar-refractivity contribution in [3.8, 4) is 0 Å². The van der Waals surface area contributed by atoms with Crippen LogP contribution < -0.4 is 5.32 Å². The van der Waals surface area contributed by atoms with Gasteiger partial charge in [-0.25, -0.2) is 9.59 Å². The molecule has 1 aliphatic heterocycles. The highest BCUT2D eigenvalue weighted by Gasteiger charge is 2.34. The molecule has 2 amide bonds. The Bertz CT molecular complexity index is 302. The lowest BCUT2D eigenvalue weighted by molar-refractivity contribution is -0.140. The van der Waals surface area contributed by atoms with Gasteiger partial charge in [-0.1, -0.05) is 0 Å². The molecule has 2 N–H and O–H groups in total. The SMILES string of the molecule is COCC(CNC(=O)N1CSCC1C(=O)O)OC. The van der Waals surface area contributed by atoms with Crippen LogP contribution in [-0.4, -0.2) is 73.2 Å². The van der Waals surface area contributed by atoms with Gasteiger partial charge in [0.15, 0.2) is 0 Å². The van der Waals surface area contributed by atoms with E-state index in [0.29, 0.717) is 18.2 Å². The van der Waals surface area contributed by atoms with Gasteiger partial charge in [0.25, 0.3) is 0 Å². The fourth-order valence-corrected chi connectivity index (χ4v) is 2.69. The van der Waals surface area contributed by atoms with Gasteiger partial charge in [0.2, 0.25) is 0 Å². The molecular weight excluding hydrogens is 260 g/mol. The number of thioether (sulfide) groups is 1. The number of urea groups is 1. The number of carbonyl (C=O) groups is 2. The highest BCUT2D eigenvalue weighted by atomic mass is 32.2. The van der Waals surface area contributed by atoms with Crippen molar-refractivity contribution in [1.29, 1.82) is 0 Å². The van der Waals surface area contributed by atoms with Crippen LogP contribution in [0.5, 0.6) is 0 Å². The van der Waals surface area contributed by atoms with Gasteiger partial charge in [0.05, 0.1) is 18.6 Å². The zero-order chi connectivity index (χ0) is 13.5. The first kappa shape index (κ1) is 15.1. The summed E-state index contributed by atoms with van der Waals surface area (Å²) in [7, 11) is 3.08. The van der Waals surface area contributed by atoms with Crippen LogP contribution in [0.1, 0.15) is 0 Å². The first-order chi connectivity index (χ1) is 8.60. The first-order valence-electron chi connectivity index (χ1n) is 5.47. The van der Waals surface area contributed by atoms with Crippen LogP contribution in [0.3, 0.4) is 0 Å². The molecule has 1 aliphatic rings. The number of carbonyl (C=O) groups excluding carboxylic acids is 1. The number of hydrogen-bond donors (Lipinski definition) is 2. The van der Waals surface area contributed by atoms with E-state index in [0.717, 1.165) is 0 Å². The summed E-state index contributed by atoms with van der Waals surface area (Å²) in [5.41, 5.74) is 0. The Morgan fingerprint density at radius 2 is 2.28 bits per heavy atom. The van der Waals surface area contributed by atoms with Crippen molar-refractivity contribution in [3.63, 3.8) is 0 Å². The molecule has 0 radical (unpaired) electrons. The van der Waals surface area contributed by atoms with E-state index in [1.807, 2.05) is 0 Å². The van der Waals surface area contributed by atoms with Crippen LogP contribution in [0.4, 0.5) is 4.79 Å². The van der Waals surface area contributed by atoms with Gasteiger partial charge in [0, 0.05) is 26.5 Å². The molecule has 0 aliphatic carbocycles. The summed E-state index contributed by atoms with van der Waals surface area (Å²) < 4.78 is 10.0. The van der Waals surface area contributed by atoms with E-state index in [9.17, 15) is 9.59 Å². The van der Waals surface area contributed by atoms with Gasteiger partial charge < -0.3 is 24.8 Å². The molecule has 1 rings (SSSR count). The van der Waals surface area contributed by atoms with Crippen molar-refractivity contribution in [2.45, 2.75) is 12.1 Å². The molecular formula is C10H18N2O5S. The Hall–Kier alpha value is -0.990. The number of carboxylic acids is 1. The van der Waals surface area contributed by atoms with Gasteiger partial charge in [-0.3, -0.25) is 0 Å². The number of rotatable bonds is 6. The highest BCUT2D eigenvalue weighted by molar-refractivity contribution is 7.99. The highest BCUT2D eigenvalue weighted by Crippen LogP contribution is 2.20. The van der Waals surface area contributed by atoms with E-state index in [2.05, 4.69) is 5.32 Å². The number of methoxy groups -OCH3 is 2. The number of ether oxygens (including phenoxy) is 2. The second kappa shape index (κ2) is 7.45. The number of hydrogen-bond acceptors (Lipinski definition) is 5. The fraction of sp³-hybridized carbons (Fsp3) is 0.800. The van der Waals surface area contributed by atoms with Gasteiger partial charge in [-0.05, 0) is 0 Å². The normalized spacial score (nSPS) is 20.8. The standard InChI is InChI=1S/C10H18N2O5S/c1-16-4-7(17-2)3-11-10(15)12-6-18-5-8(12)9(13)14/h7-8H,3-6H2,1-2H3,(H,11,15)(H,13,14). The number of nitrogens with one attached hydrogen (secondary N) is 1. The maximum absolute atomic E-state index is 11.8. The van der Waals surface area contributed by atoms with Gasteiger partial charge >= 0.3 is 12.0 Å². The number of amides is 2. The quantitative estimate of drug-likeness (QED) is 0.700. The molecule has 0 saturated carbocycles. The van der Waals surface area contributed by atoms with E-state index in [1.165, 1.54) is 23.8 Å². The van der Waals surface area contributed by atoms with E-state index >= 15 is 0 Å². The molecule has 104 valence electrons. The molecule has 1 heterocycles. The van der Waals surface area contributed by atoms with Crippen molar-refractivity contribution in [2.75, 3.05) is 39.0 Å². The third-order valence-corrected chi connectivity index (χ3v) is 3.61. The maximum atomic E-state index is 11.8. The second-order valence-electron chi connectivity index (χ2n) is 3.82. The number of carboxylic acid groups (broad SMARTS) is 1.